The summed E-state index contributed by atoms with van der Waals surface area (Å²) in [5.74, 6) is 0.862. The summed E-state index contributed by atoms with van der Waals surface area (Å²) in [6.07, 6.45) is 11.1. The molecule has 1 heterocycles. The number of hydrogen-bond donors (Lipinski definition) is 0. The van der Waals surface area contributed by atoms with Gasteiger partial charge in [-0.05, 0) is 18.8 Å². The van der Waals surface area contributed by atoms with Crippen LogP contribution in [0.5, 0.6) is 0 Å². The van der Waals surface area contributed by atoms with Crippen LogP contribution in [0, 0.1) is 12.3 Å². The molecule has 77 valence electrons. The molecule has 1 heteroatoms. The molecule has 2 unspecified atom stereocenters. The van der Waals surface area contributed by atoms with Crippen molar-refractivity contribution in [3.63, 3.8) is 0 Å². The quantitative estimate of drug-likeness (QED) is 0.414. The van der Waals surface area contributed by atoms with Gasteiger partial charge >= 0.3 is 0 Å². The second-order valence-electron chi connectivity index (χ2n) is 4.30. The van der Waals surface area contributed by atoms with Crippen LogP contribution in [-0.2, 0) is 4.74 Å². The maximum Gasteiger partial charge on any atom is 0.0841 e. The summed E-state index contributed by atoms with van der Waals surface area (Å²) in [6.45, 7) is 5.59. The van der Waals surface area contributed by atoms with E-state index in [-0.39, 0.29) is 0 Å². The zero-order valence-electron chi connectivity index (χ0n) is 9.09. The third kappa shape index (κ3) is 6.09. The average molecular weight is 183 g/mol. The predicted molar refractivity (Wildman–Crippen MR) is 56.6 cm³/mol. The Labute approximate surface area is 82.9 Å². The zero-order valence-corrected chi connectivity index (χ0v) is 9.09. The van der Waals surface area contributed by atoms with Gasteiger partial charge in [-0.25, -0.2) is 0 Å². The molecule has 1 radical (unpaired) electrons. The number of unbranched alkanes of at least 4 members (excludes halogenated alkanes) is 3. The fraction of sp³-hybridized carbons (Fsp3) is 0.917. The minimum Gasteiger partial charge on any atom is -0.373 e. The van der Waals surface area contributed by atoms with E-state index in [9.17, 15) is 0 Å². The van der Waals surface area contributed by atoms with E-state index in [1.807, 2.05) is 0 Å². The minimum absolute atomic E-state index is 0.512. The Bertz CT molecular complexity index is 118. The Kier molecular flexibility index (Phi) is 5.45. The molecule has 0 aromatic rings. The van der Waals surface area contributed by atoms with Crippen molar-refractivity contribution in [3.05, 3.63) is 6.42 Å². The third-order valence-electron chi connectivity index (χ3n) is 2.71. The second-order valence-corrected chi connectivity index (χ2v) is 4.30. The molecule has 0 spiro atoms. The highest BCUT2D eigenvalue weighted by molar-refractivity contribution is 4.86. The summed E-state index contributed by atoms with van der Waals surface area (Å²) in [6, 6.07) is 0. The Morgan fingerprint density at radius 3 is 2.77 bits per heavy atom. The normalized spacial score (nSPS) is 23.1. The van der Waals surface area contributed by atoms with E-state index in [0.717, 1.165) is 12.5 Å². The van der Waals surface area contributed by atoms with Crippen LogP contribution in [-0.4, -0.2) is 12.7 Å². The monoisotopic (exact) mass is 183 g/mol. The smallest absolute Gasteiger partial charge is 0.0841 e. The molecule has 1 aliphatic heterocycles. The lowest BCUT2D eigenvalue weighted by Gasteiger charge is -2.09. The molecular formula is C12H23O. The van der Waals surface area contributed by atoms with Crippen LogP contribution in [0.15, 0.2) is 0 Å². The van der Waals surface area contributed by atoms with E-state index in [4.69, 9.17) is 4.74 Å². The first-order chi connectivity index (χ1) is 6.33. The molecule has 2 atom stereocenters. The molecule has 0 aromatic heterocycles. The fourth-order valence-corrected chi connectivity index (χ4v) is 1.61. The van der Waals surface area contributed by atoms with Gasteiger partial charge in [0.05, 0.1) is 12.7 Å². The summed E-state index contributed by atoms with van der Waals surface area (Å²) < 4.78 is 5.15. The lowest BCUT2D eigenvalue weighted by molar-refractivity contribution is 0.408. The molecule has 1 nitrogen and oxygen atoms in total. The molecule has 0 aromatic carbocycles. The van der Waals surface area contributed by atoms with Gasteiger partial charge in [0.2, 0.25) is 0 Å². The van der Waals surface area contributed by atoms with Crippen molar-refractivity contribution < 1.29 is 4.74 Å². The molecule has 0 amide bonds. The molecule has 1 rings (SSSR count). The number of ether oxygens (including phenoxy) is 1. The van der Waals surface area contributed by atoms with Crippen LogP contribution < -0.4 is 0 Å². The van der Waals surface area contributed by atoms with E-state index >= 15 is 0 Å². The van der Waals surface area contributed by atoms with Crippen LogP contribution in [0.3, 0.4) is 0 Å². The standard InChI is InChI=1S/C12H23O/c1-3-4-5-6-7-11(2)8-9-12-10-13-12/h9,11-12H,3-8,10H2,1-2H3. The molecule has 0 N–H and O–H groups in total. The van der Waals surface area contributed by atoms with E-state index in [2.05, 4.69) is 20.3 Å². The summed E-state index contributed by atoms with van der Waals surface area (Å²) in [5.41, 5.74) is 0. The fourth-order valence-electron chi connectivity index (χ4n) is 1.61. The van der Waals surface area contributed by atoms with E-state index in [1.165, 1.54) is 38.5 Å². The summed E-state index contributed by atoms with van der Waals surface area (Å²) in [7, 11) is 0. The summed E-state index contributed by atoms with van der Waals surface area (Å²) >= 11 is 0. The van der Waals surface area contributed by atoms with E-state index in [0.29, 0.717) is 6.10 Å². The molecule has 1 aliphatic rings. The van der Waals surface area contributed by atoms with Crippen LogP contribution in [0.4, 0.5) is 0 Å². The highest BCUT2D eigenvalue weighted by Crippen LogP contribution is 2.21. The first-order valence-electron chi connectivity index (χ1n) is 5.78. The van der Waals surface area contributed by atoms with Gasteiger partial charge in [0.15, 0.2) is 0 Å². The zero-order chi connectivity index (χ0) is 9.52. The van der Waals surface area contributed by atoms with Crippen molar-refractivity contribution in [1.29, 1.82) is 0 Å². The van der Waals surface area contributed by atoms with Crippen molar-refractivity contribution in [2.45, 2.75) is 58.5 Å². The Balaban J connectivity index is 1.81. The second kappa shape index (κ2) is 6.42. The molecule has 1 fully saturated rings. The van der Waals surface area contributed by atoms with Crippen LogP contribution in [0.1, 0.15) is 52.4 Å². The average Bonchev–Trinajstić information content (AvgIpc) is 2.92. The van der Waals surface area contributed by atoms with Gasteiger partial charge in [-0.15, -0.1) is 0 Å². The molecule has 0 bridgehead atoms. The van der Waals surface area contributed by atoms with Crippen molar-refractivity contribution in [2.24, 2.45) is 5.92 Å². The lowest BCUT2D eigenvalue weighted by Crippen LogP contribution is -1.98. The van der Waals surface area contributed by atoms with E-state index < -0.39 is 0 Å². The van der Waals surface area contributed by atoms with Crippen molar-refractivity contribution in [2.75, 3.05) is 6.61 Å². The Morgan fingerprint density at radius 1 is 1.38 bits per heavy atom. The van der Waals surface area contributed by atoms with Crippen LogP contribution in [0.2, 0.25) is 0 Å². The maximum atomic E-state index is 5.15. The van der Waals surface area contributed by atoms with Gasteiger partial charge in [-0.1, -0.05) is 46.0 Å². The van der Waals surface area contributed by atoms with Gasteiger partial charge in [0.1, 0.15) is 0 Å². The minimum atomic E-state index is 0.512. The van der Waals surface area contributed by atoms with Gasteiger partial charge in [-0.3, -0.25) is 0 Å². The Morgan fingerprint density at radius 2 is 2.15 bits per heavy atom. The number of rotatable bonds is 8. The van der Waals surface area contributed by atoms with Crippen molar-refractivity contribution in [1.82, 2.24) is 0 Å². The molecule has 0 aliphatic carbocycles. The van der Waals surface area contributed by atoms with Gasteiger partial charge < -0.3 is 4.74 Å². The topological polar surface area (TPSA) is 12.5 Å². The summed E-state index contributed by atoms with van der Waals surface area (Å²) in [5, 5.41) is 0. The highest BCUT2D eigenvalue weighted by atomic mass is 16.6. The van der Waals surface area contributed by atoms with Gasteiger partial charge in [0.25, 0.3) is 0 Å². The van der Waals surface area contributed by atoms with Gasteiger partial charge in [-0.2, -0.15) is 0 Å². The summed E-state index contributed by atoms with van der Waals surface area (Å²) in [4.78, 5) is 0. The number of epoxide rings is 1. The SMILES string of the molecule is CCCCCCC(C)C[CH]C1CO1. The van der Waals surface area contributed by atoms with Crippen molar-refractivity contribution >= 4 is 0 Å². The first-order valence-corrected chi connectivity index (χ1v) is 5.78. The maximum absolute atomic E-state index is 5.15. The predicted octanol–water partition coefficient (Wildman–Crippen LogP) is 3.59. The molecule has 1 saturated heterocycles. The number of hydrogen-bond acceptors (Lipinski definition) is 1. The van der Waals surface area contributed by atoms with E-state index in [1.54, 1.807) is 0 Å². The molecular weight excluding hydrogens is 160 g/mol. The largest absolute Gasteiger partial charge is 0.373 e. The van der Waals surface area contributed by atoms with Crippen LogP contribution >= 0.6 is 0 Å². The Hall–Kier alpha value is -0.0400. The van der Waals surface area contributed by atoms with Crippen molar-refractivity contribution in [3.8, 4) is 0 Å². The lowest BCUT2D eigenvalue weighted by atomic mass is 9.97. The highest BCUT2D eigenvalue weighted by Gasteiger charge is 2.22. The first kappa shape index (κ1) is 11.0. The third-order valence-corrected chi connectivity index (χ3v) is 2.71. The molecule has 13 heavy (non-hydrogen) atoms. The molecule has 0 saturated carbocycles. The van der Waals surface area contributed by atoms with Gasteiger partial charge in [0, 0.05) is 0 Å². The van der Waals surface area contributed by atoms with Crippen LogP contribution in [0.25, 0.3) is 0 Å².